The molecule has 1 heterocycles. The van der Waals surface area contributed by atoms with Crippen molar-refractivity contribution in [3.05, 3.63) is 99.5 Å². The topological polar surface area (TPSA) is 120 Å². The van der Waals surface area contributed by atoms with Crippen LogP contribution in [-0.4, -0.2) is 56.1 Å². The summed E-state index contributed by atoms with van der Waals surface area (Å²) in [7, 11) is 0. The van der Waals surface area contributed by atoms with Gasteiger partial charge < -0.3 is 14.6 Å². The van der Waals surface area contributed by atoms with Crippen molar-refractivity contribution in [3.8, 4) is 5.75 Å². The number of hydrogen-bond donors (Lipinski definition) is 1. The maximum Gasteiger partial charge on any atom is 0.435 e. The molecule has 0 aliphatic carbocycles. The standard InChI is InChI=1S/C30H33FN4O6/c1-20-24-12-11-23(17-26(24)34(32-20)29(37)41-30(2,3)4)40-15-14-33(18-21-8-6-5-7-9-21)19-28(36)22-10-13-25(31)27(16-22)35(38)39/h5-13,16-17,28,36H,14-15,18-19H2,1-4H3. The predicted molar refractivity (Wildman–Crippen MR) is 151 cm³/mol. The molecule has 0 radical (unpaired) electrons. The molecule has 0 amide bonds. The molecule has 1 atom stereocenters. The molecule has 216 valence electrons. The smallest absolute Gasteiger partial charge is 0.435 e. The summed E-state index contributed by atoms with van der Waals surface area (Å²) < 4.78 is 26.6. The number of fused-ring (bicyclic) bond motifs is 1. The molecule has 0 spiro atoms. The van der Waals surface area contributed by atoms with Crippen LogP contribution in [0.3, 0.4) is 0 Å². The number of ether oxygens (including phenoxy) is 2. The number of aliphatic hydroxyl groups excluding tert-OH is 1. The number of aromatic nitrogens is 2. The Kier molecular flexibility index (Phi) is 8.99. The highest BCUT2D eigenvalue weighted by molar-refractivity contribution is 5.90. The monoisotopic (exact) mass is 564 g/mol. The number of aryl methyl sites for hydroxylation is 1. The van der Waals surface area contributed by atoms with E-state index in [2.05, 4.69) is 5.10 Å². The molecule has 4 aromatic rings. The van der Waals surface area contributed by atoms with Gasteiger partial charge in [-0.2, -0.15) is 14.2 Å². The summed E-state index contributed by atoms with van der Waals surface area (Å²) in [5.74, 6) is -0.433. The van der Waals surface area contributed by atoms with Gasteiger partial charge in [0.1, 0.15) is 18.0 Å². The fourth-order valence-corrected chi connectivity index (χ4v) is 4.38. The maximum absolute atomic E-state index is 13.8. The Morgan fingerprint density at radius 2 is 1.88 bits per heavy atom. The minimum Gasteiger partial charge on any atom is -0.492 e. The SMILES string of the molecule is Cc1nn(C(=O)OC(C)(C)C)c2cc(OCCN(Cc3ccccc3)CC(O)c3ccc(F)c([N+](=O)[O-])c3)ccc12. The van der Waals surface area contributed by atoms with E-state index in [0.29, 0.717) is 30.0 Å². The normalized spacial score (nSPS) is 12.5. The zero-order valence-corrected chi connectivity index (χ0v) is 23.4. The number of carbonyl (C=O) groups is 1. The average Bonchev–Trinajstić information content (AvgIpc) is 3.24. The van der Waals surface area contributed by atoms with Crippen LogP contribution in [0.5, 0.6) is 5.75 Å². The Morgan fingerprint density at radius 3 is 2.56 bits per heavy atom. The van der Waals surface area contributed by atoms with Crippen LogP contribution in [0.1, 0.15) is 43.7 Å². The largest absolute Gasteiger partial charge is 0.492 e. The van der Waals surface area contributed by atoms with Gasteiger partial charge in [0.2, 0.25) is 5.82 Å². The van der Waals surface area contributed by atoms with Crippen molar-refractivity contribution in [1.82, 2.24) is 14.7 Å². The Morgan fingerprint density at radius 1 is 1.15 bits per heavy atom. The third kappa shape index (κ3) is 7.65. The lowest BCUT2D eigenvalue weighted by molar-refractivity contribution is -0.387. The molecule has 1 N–H and O–H groups in total. The van der Waals surface area contributed by atoms with Gasteiger partial charge in [0.15, 0.2) is 0 Å². The van der Waals surface area contributed by atoms with Crippen LogP contribution in [0, 0.1) is 22.9 Å². The van der Waals surface area contributed by atoms with Gasteiger partial charge >= 0.3 is 11.8 Å². The highest BCUT2D eigenvalue weighted by Gasteiger charge is 2.22. The number of nitro benzene ring substituents is 1. The summed E-state index contributed by atoms with van der Waals surface area (Å²) in [6.07, 6.45) is -1.68. The molecule has 0 saturated heterocycles. The van der Waals surface area contributed by atoms with Crippen molar-refractivity contribution in [3.63, 3.8) is 0 Å². The Bertz CT molecular complexity index is 1530. The summed E-state index contributed by atoms with van der Waals surface area (Å²) in [5, 5.41) is 27.2. The number of carbonyl (C=O) groups excluding carboxylic acids is 1. The first-order valence-corrected chi connectivity index (χ1v) is 13.1. The number of aliphatic hydroxyl groups is 1. The number of rotatable bonds is 10. The molecule has 0 aliphatic heterocycles. The highest BCUT2D eigenvalue weighted by atomic mass is 19.1. The van der Waals surface area contributed by atoms with E-state index in [1.165, 1.54) is 10.7 Å². The van der Waals surface area contributed by atoms with Crippen LogP contribution in [0.4, 0.5) is 14.9 Å². The van der Waals surface area contributed by atoms with Gasteiger partial charge in [0.25, 0.3) is 0 Å². The summed E-state index contributed by atoms with van der Waals surface area (Å²) in [6, 6.07) is 18.4. The zero-order chi connectivity index (χ0) is 29.7. The van der Waals surface area contributed by atoms with Crippen molar-refractivity contribution in [2.24, 2.45) is 0 Å². The molecule has 3 aromatic carbocycles. The molecule has 0 aliphatic rings. The average molecular weight is 565 g/mol. The van der Waals surface area contributed by atoms with E-state index in [1.54, 1.807) is 32.9 Å². The van der Waals surface area contributed by atoms with Gasteiger partial charge in [-0.15, -0.1) is 0 Å². The Hall–Kier alpha value is -4.35. The van der Waals surface area contributed by atoms with Crippen LogP contribution in [0.15, 0.2) is 66.7 Å². The zero-order valence-electron chi connectivity index (χ0n) is 23.4. The third-order valence-electron chi connectivity index (χ3n) is 6.31. The first-order chi connectivity index (χ1) is 19.4. The second kappa shape index (κ2) is 12.4. The van der Waals surface area contributed by atoms with E-state index in [1.807, 2.05) is 48.2 Å². The van der Waals surface area contributed by atoms with E-state index in [0.717, 1.165) is 23.1 Å². The number of halogens is 1. The van der Waals surface area contributed by atoms with Crippen LogP contribution in [0.25, 0.3) is 10.9 Å². The second-order valence-electron chi connectivity index (χ2n) is 10.7. The molecular weight excluding hydrogens is 531 g/mol. The van der Waals surface area contributed by atoms with E-state index in [9.17, 15) is 24.4 Å². The van der Waals surface area contributed by atoms with Crippen molar-refractivity contribution >= 4 is 22.7 Å². The second-order valence-corrected chi connectivity index (χ2v) is 10.7. The van der Waals surface area contributed by atoms with Gasteiger partial charge in [-0.05, 0) is 57.0 Å². The molecule has 0 saturated carbocycles. The quantitative estimate of drug-likeness (QED) is 0.190. The molecule has 10 nitrogen and oxygen atoms in total. The lowest BCUT2D eigenvalue weighted by Gasteiger charge is -2.25. The fraction of sp³-hybridized carbons (Fsp3) is 0.333. The minimum atomic E-state index is -1.10. The van der Waals surface area contributed by atoms with E-state index in [4.69, 9.17) is 9.47 Å². The number of nitrogens with zero attached hydrogens (tertiary/aromatic N) is 4. The van der Waals surface area contributed by atoms with Crippen LogP contribution < -0.4 is 4.74 Å². The first-order valence-electron chi connectivity index (χ1n) is 13.1. The van der Waals surface area contributed by atoms with E-state index in [-0.39, 0.29) is 18.7 Å². The summed E-state index contributed by atoms with van der Waals surface area (Å²) in [5.41, 5.74) is 1.13. The molecule has 41 heavy (non-hydrogen) atoms. The number of benzene rings is 3. The molecule has 4 rings (SSSR count). The lowest BCUT2D eigenvalue weighted by atomic mass is 10.1. The molecule has 0 bridgehead atoms. The summed E-state index contributed by atoms with van der Waals surface area (Å²) in [6.45, 7) is 8.42. The van der Waals surface area contributed by atoms with Crippen molar-refractivity contribution in [1.29, 1.82) is 0 Å². The number of hydrogen-bond acceptors (Lipinski definition) is 8. The molecule has 1 aromatic heterocycles. The van der Waals surface area contributed by atoms with Crippen LogP contribution in [-0.2, 0) is 11.3 Å². The fourth-order valence-electron chi connectivity index (χ4n) is 4.38. The van der Waals surface area contributed by atoms with Crippen LogP contribution in [0.2, 0.25) is 0 Å². The summed E-state index contributed by atoms with van der Waals surface area (Å²) in [4.78, 5) is 25.0. The van der Waals surface area contributed by atoms with Gasteiger partial charge in [-0.3, -0.25) is 15.0 Å². The van der Waals surface area contributed by atoms with Crippen molar-refractivity contribution in [2.75, 3.05) is 19.7 Å². The third-order valence-corrected chi connectivity index (χ3v) is 6.31. The van der Waals surface area contributed by atoms with Crippen molar-refractivity contribution in [2.45, 2.75) is 45.9 Å². The predicted octanol–water partition coefficient (Wildman–Crippen LogP) is 5.79. The first kappa shape index (κ1) is 29.6. The van der Waals surface area contributed by atoms with Gasteiger partial charge in [-0.1, -0.05) is 36.4 Å². The van der Waals surface area contributed by atoms with Gasteiger partial charge in [0.05, 0.1) is 22.2 Å². The number of nitro groups is 1. The molecular formula is C30H33FN4O6. The van der Waals surface area contributed by atoms with Gasteiger partial charge in [0, 0.05) is 37.2 Å². The van der Waals surface area contributed by atoms with Crippen LogP contribution >= 0.6 is 0 Å². The van der Waals surface area contributed by atoms with Gasteiger partial charge in [-0.25, -0.2) is 4.79 Å². The molecule has 11 heteroatoms. The lowest BCUT2D eigenvalue weighted by Crippen LogP contribution is -2.32. The molecule has 1 unspecified atom stereocenters. The van der Waals surface area contributed by atoms with E-state index >= 15 is 0 Å². The van der Waals surface area contributed by atoms with E-state index < -0.39 is 34.2 Å². The van der Waals surface area contributed by atoms with Crippen molar-refractivity contribution < 1.29 is 28.7 Å². The maximum atomic E-state index is 13.8. The molecule has 0 fully saturated rings. The minimum absolute atomic E-state index is 0.130. The summed E-state index contributed by atoms with van der Waals surface area (Å²) >= 11 is 0. The highest BCUT2D eigenvalue weighted by Crippen LogP contribution is 2.26. The Labute approximate surface area is 237 Å². The Balaban J connectivity index is 1.49.